The zero-order valence-corrected chi connectivity index (χ0v) is 10.6. The molecule has 0 saturated heterocycles. The highest BCUT2D eigenvalue weighted by atomic mass is 16.5. The van der Waals surface area contributed by atoms with E-state index in [1.54, 1.807) is 0 Å². The van der Waals surface area contributed by atoms with E-state index in [0.29, 0.717) is 0 Å². The predicted molar refractivity (Wildman–Crippen MR) is 71.5 cm³/mol. The number of rotatable bonds is 4. The fourth-order valence-corrected chi connectivity index (χ4v) is 1.77. The van der Waals surface area contributed by atoms with Crippen molar-refractivity contribution in [1.82, 2.24) is 0 Å². The Morgan fingerprint density at radius 2 is 1.26 bits per heavy atom. The molecular formula is C16H14O3. The average molecular weight is 254 g/mol. The second kappa shape index (κ2) is 5.96. The Labute approximate surface area is 111 Å². The van der Waals surface area contributed by atoms with Gasteiger partial charge in [-0.3, -0.25) is 4.79 Å². The number of ketones is 1. The van der Waals surface area contributed by atoms with Crippen LogP contribution in [0.5, 0.6) is 0 Å². The molecule has 2 rings (SSSR count). The third kappa shape index (κ3) is 3.28. The summed E-state index contributed by atoms with van der Waals surface area (Å²) in [6.07, 6.45) is -0.557. The highest BCUT2D eigenvalue weighted by Crippen LogP contribution is 2.25. The summed E-state index contributed by atoms with van der Waals surface area (Å²) in [7, 11) is 0. The maximum absolute atomic E-state index is 11.5. The Morgan fingerprint density at radius 1 is 0.842 bits per heavy atom. The molecule has 19 heavy (non-hydrogen) atoms. The molecule has 0 atom stereocenters. The van der Waals surface area contributed by atoms with Gasteiger partial charge >= 0.3 is 5.97 Å². The van der Waals surface area contributed by atoms with Crippen molar-refractivity contribution >= 4 is 11.8 Å². The van der Waals surface area contributed by atoms with Gasteiger partial charge in [-0.1, -0.05) is 60.7 Å². The molecule has 0 unspecified atom stereocenters. The highest BCUT2D eigenvalue weighted by molar-refractivity contribution is 6.32. The molecule has 3 nitrogen and oxygen atoms in total. The van der Waals surface area contributed by atoms with E-state index in [2.05, 4.69) is 0 Å². The summed E-state index contributed by atoms with van der Waals surface area (Å²) in [6.45, 7) is 1.20. The van der Waals surface area contributed by atoms with E-state index >= 15 is 0 Å². The van der Waals surface area contributed by atoms with Crippen molar-refractivity contribution in [2.75, 3.05) is 0 Å². The van der Waals surface area contributed by atoms with Crippen LogP contribution in [-0.4, -0.2) is 11.8 Å². The van der Waals surface area contributed by atoms with Crippen LogP contribution in [0.4, 0.5) is 0 Å². The largest absolute Gasteiger partial charge is 0.447 e. The molecule has 0 amide bonds. The van der Waals surface area contributed by atoms with Gasteiger partial charge in [-0.15, -0.1) is 0 Å². The summed E-state index contributed by atoms with van der Waals surface area (Å²) in [4.78, 5) is 22.6. The van der Waals surface area contributed by atoms with Crippen molar-refractivity contribution in [3.8, 4) is 0 Å². The lowest BCUT2D eigenvalue weighted by molar-refractivity contribution is -0.155. The zero-order chi connectivity index (χ0) is 13.7. The first-order valence-corrected chi connectivity index (χ1v) is 6.00. The van der Waals surface area contributed by atoms with Crippen LogP contribution >= 0.6 is 0 Å². The number of carbonyl (C=O) groups is 2. The lowest BCUT2D eigenvalue weighted by Gasteiger charge is -2.18. The van der Waals surface area contributed by atoms with Gasteiger partial charge in [0.1, 0.15) is 0 Å². The summed E-state index contributed by atoms with van der Waals surface area (Å²) in [6, 6.07) is 18.7. The zero-order valence-electron chi connectivity index (χ0n) is 10.6. The van der Waals surface area contributed by atoms with E-state index in [1.807, 2.05) is 60.7 Å². The molecular weight excluding hydrogens is 240 g/mol. The number of esters is 1. The molecule has 0 N–H and O–H groups in total. The third-order valence-electron chi connectivity index (χ3n) is 2.72. The Bertz CT molecular complexity index is 522. The molecule has 0 aliphatic rings. The van der Waals surface area contributed by atoms with E-state index in [1.165, 1.54) is 6.92 Å². The first kappa shape index (κ1) is 13.0. The van der Waals surface area contributed by atoms with Gasteiger partial charge in [-0.25, -0.2) is 4.79 Å². The summed E-state index contributed by atoms with van der Waals surface area (Å²) < 4.78 is 5.30. The van der Waals surface area contributed by atoms with Crippen LogP contribution < -0.4 is 0 Å². The maximum atomic E-state index is 11.5. The molecule has 2 aromatic rings. The number of carbonyl (C=O) groups excluding carboxylic acids is 2. The van der Waals surface area contributed by atoms with Gasteiger partial charge in [-0.05, 0) is 11.1 Å². The lowest BCUT2D eigenvalue weighted by atomic mass is 10.0. The fourth-order valence-electron chi connectivity index (χ4n) is 1.77. The summed E-state index contributed by atoms with van der Waals surface area (Å²) >= 11 is 0. The number of hydrogen-bond donors (Lipinski definition) is 0. The molecule has 0 heterocycles. The second-order valence-electron chi connectivity index (χ2n) is 4.16. The van der Waals surface area contributed by atoms with Gasteiger partial charge in [0.2, 0.25) is 5.78 Å². The molecule has 3 heteroatoms. The topological polar surface area (TPSA) is 43.4 Å². The van der Waals surface area contributed by atoms with E-state index in [0.717, 1.165) is 11.1 Å². The van der Waals surface area contributed by atoms with Crippen LogP contribution in [0, 0.1) is 0 Å². The van der Waals surface area contributed by atoms with Gasteiger partial charge in [0.25, 0.3) is 0 Å². The molecule has 0 aliphatic carbocycles. The van der Waals surface area contributed by atoms with Gasteiger partial charge in [0.05, 0.1) is 0 Å². The minimum Gasteiger partial charge on any atom is -0.447 e. The Hall–Kier alpha value is -2.42. The van der Waals surface area contributed by atoms with Gasteiger partial charge in [0.15, 0.2) is 6.10 Å². The smallest absolute Gasteiger partial charge is 0.375 e. The van der Waals surface area contributed by atoms with Crippen molar-refractivity contribution in [2.24, 2.45) is 0 Å². The summed E-state index contributed by atoms with van der Waals surface area (Å²) in [5, 5.41) is 0. The summed E-state index contributed by atoms with van der Waals surface area (Å²) in [5.41, 5.74) is 1.67. The molecule has 0 aromatic heterocycles. The molecule has 0 saturated carbocycles. The van der Waals surface area contributed by atoms with Crippen molar-refractivity contribution in [2.45, 2.75) is 13.0 Å². The van der Waals surface area contributed by atoms with Crippen LogP contribution in [0.2, 0.25) is 0 Å². The minimum atomic E-state index is -0.822. The molecule has 0 bridgehead atoms. The SMILES string of the molecule is CC(=O)C(=O)OC(c1ccccc1)c1ccccc1. The van der Waals surface area contributed by atoms with Crippen LogP contribution in [0.15, 0.2) is 60.7 Å². The van der Waals surface area contributed by atoms with E-state index in [4.69, 9.17) is 4.74 Å². The Morgan fingerprint density at radius 3 is 1.63 bits per heavy atom. The monoisotopic (exact) mass is 254 g/mol. The fraction of sp³-hybridized carbons (Fsp3) is 0.125. The molecule has 96 valence electrons. The minimum absolute atomic E-state index is 0.557. The molecule has 2 aromatic carbocycles. The van der Waals surface area contributed by atoms with Crippen LogP contribution in [0.1, 0.15) is 24.2 Å². The number of benzene rings is 2. The predicted octanol–water partition coefficient (Wildman–Crippen LogP) is 2.91. The van der Waals surface area contributed by atoms with Crippen molar-refractivity contribution in [3.63, 3.8) is 0 Å². The van der Waals surface area contributed by atoms with E-state index in [9.17, 15) is 9.59 Å². The maximum Gasteiger partial charge on any atom is 0.375 e. The van der Waals surface area contributed by atoms with Gasteiger partial charge < -0.3 is 4.74 Å². The Balaban J connectivity index is 2.34. The van der Waals surface area contributed by atoms with Gasteiger partial charge in [-0.2, -0.15) is 0 Å². The number of Topliss-reactive ketones (excluding diaryl/α,β-unsaturated/α-hetero) is 1. The highest BCUT2D eigenvalue weighted by Gasteiger charge is 2.20. The van der Waals surface area contributed by atoms with E-state index in [-0.39, 0.29) is 0 Å². The van der Waals surface area contributed by atoms with Crippen molar-refractivity contribution in [3.05, 3.63) is 71.8 Å². The molecule has 0 aliphatic heterocycles. The van der Waals surface area contributed by atoms with E-state index < -0.39 is 17.9 Å². The standard InChI is InChI=1S/C16H14O3/c1-12(17)16(18)19-15(13-8-4-2-5-9-13)14-10-6-3-7-11-14/h2-11,15H,1H3. The van der Waals surface area contributed by atoms with Crippen molar-refractivity contribution < 1.29 is 14.3 Å². The van der Waals surface area contributed by atoms with Crippen LogP contribution in [-0.2, 0) is 14.3 Å². The quantitative estimate of drug-likeness (QED) is 0.622. The van der Waals surface area contributed by atoms with Crippen molar-refractivity contribution in [1.29, 1.82) is 0 Å². The summed E-state index contributed by atoms with van der Waals surface area (Å²) in [5.74, 6) is -1.42. The third-order valence-corrected chi connectivity index (χ3v) is 2.72. The molecule has 0 spiro atoms. The number of ether oxygens (including phenoxy) is 1. The first-order valence-electron chi connectivity index (χ1n) is 6.00. The lowest BCUT2D eigenvalue weighted by Crippen LogP contribution is -2.18. The molecule has 0 radical (unpaired) electrons. The normalized spacial score (nSPS) is 10.2. The van der Waals surface area contributed by atoms with Crippen LogP contribution in [0.3, 0.4) is 0 Å². The number of hydrogen-bond acceptors (Lipinski definition) is 3. The Kier molecular flexibility index (Phi) is 4.08. The second-order valence-corrected chi connectivity index (χ2v) is 4.16. The van der Waals surface area contributed by atoms with Crippen LogP contribution in [0.25, 0.3) is 0 Å². The molecule has 0 fully saturated rings. The first-order chi connectivity index (χ1) is 9.18. The van der Waals surface area contributed by atoms with Gasteiger partial charge in [0, 0.05) is 6.92 Å². The average Bonchev–Trinajstić information content (AvgIpc) is 2.46.